The minimum atomic E-state index is -0.418. The fraction of sp³-hybridized carbons (Fsp3) is 0.357. The minimum Gasteiger partial charge on any atom is -0.497 e. The molecule has 0 saturated carbocycles. The zero-order valence-corrected chi connectivity index (χ0v) is 22.0. The summed E-state index contributed by atoms with van der Waals surface area (Å²) in [6.07, 6.45) is 3.67. The molecule has 0 bridgehead atoms. The molecule has 8 nitrogen and oxygen atoms in total. The van der Waals surface area contributed by atoms with Crippen molar-refractivity contribution >= 4 is 33.6 Å². The topological polar surface area (TPSA) is 68.9 Å². The number of likely N-dealkylation sites (N-methyl/N-ethyl adjacent to an activating group) is 2. The number of hydrogen-bond donors (Lipinski definition) is 0. The molecule has 0 unspecified atom stereocenters. The van der Waals surface area contributed by atoms with E-state index in [1.54, 1.807) is 29.6 Å². The van der Waals surface area contributed by atoms with Crippen LogP contribution in [0.3, 0.4) is 0 Å². The average Bonchev–Trinajstić information content (AvgIpc) is 3.48. The van der Waals surface area contributed by atoms with E-state index in [0.29, 0.717) is 18.0 Å². The molecule has 0 spiro atoms. The summed E-state index contributed by atoms with van der Waals surface area (Å²) in [6.45, 7) is 4.27. The van der Waals surface area contributed by atoms with Crippen LogP contribution in [0.5, 0.6) is 11.5 Å². The first kappa shape index (κ1) is 25.5. The second-order valence-electron chi connectivity index (χ2n) is 9.40. The van der Waals surface area contributed by atoms with Gasteiger partial charge in [0.25, 0.3) is 0 Å². The number of carbonyl (C=O) groups is 2. The Kier molecular flexibility index (Phi) is 7.19. The summed E-state index contributed by atoms with van der Waals surface area (Å²) in [5, 5.41) is 1.90. The molecule has 2 heterocycles. The first-order valence-corrected chi connectivity index (χ1v) is 11.9. The van der Waals surface area contributed by atoms with E-state index in [1.807, 2.05) is 93.5 Å². The van der Waals surface area contributed by atoms with Gasteiger partial charge in [-0.05, 0) is 64.8 Å². The number of nitrogens with zero attached hydrogens (tertiary/aromatic N) is 4. The first-order valence-electron chi connectivity index (χ1n) is 11.9. The Morgan fingerprint density at radius 1 is 0.917 bits per heavy atom. The van der Waals surface area contributed by atoms with E-state index in [4.69, 9.17) is 9.47 Å². The van der Waals surface area contributed by atoms with Crippen molar-refractivity contribution in [3.05, 3.63) is 60.4 Å². The molecular formula is C28H34N4O4. The zero-order chi connectivity index (χ0) is 26.1. The smallest absolute Gasteiger partial charge is 0.248 e. The second kappa shape index (κ2) is 10.2. The molecule has 4 rings (SSSR count). The van der Waals surface area contributed by atoms with Gasteiger partial charge in [-0.3, -0.25) is 28.5 Å². The predicted octanol–water partition coefficient (Wildman–Crippen LogP) is 4.36. The van der Waals surface area contributed by atoms with E-state index < -0.39 is 6.04 Å². The third kappa shape index (κ3) is 4.50. The third-order valence-electron chi connectivity index (χ3n) is 7.03. The van der Waals surface area contributed by atoms with Gasteiger partial charge in [-0.1, -0.05) is 12.1 Å². The Labute approximate surface area is 211 Å². The Balaban J connectivity index is 1.67. The van der Waals surface area contributed by atoms with Crippen LogP contribution in [0.4, 0.5) is 0 Å². The highest BCUT2D eigenvalue weighted by atomic mass is 16.5. The van der Waals surface area contributed by atoms with Gasteiger partial charge in [-0.2, -0.15) is 0 Å². The molecule has 0 aliphatic rings. The molecule has 8 heteroatoms. The highest BCUT2D eigenvalue weighted by Crippen LogP contribution is 2.29. The van der Waals surface area contributed by atoms with Crippen molar-refractivity contribution in [2.75, 3.05) is 35.4 Å². The molecule has 0 aliphatic heterocycles. The molecule has 2 atom stereocenters. The van der Waals surface area contributed by atoms with Crippen LogP contribution in [-0.2, 0) is 6.54 Å². The number of ether oxygens (including phenoxy) is 2. The lowest BCUT2D eigenvalue weighted by Crippen LogP contribution is -2.38. The second-order valence-corrected chi connectivity index (χ2v) is 9.40. The van der Waals surface area contributed by atoms with Crippen LogP contribution in [0.25, 0.3) is 21.8 Å². The Bertz CT molecular complexity index is 1420. The van der Waals surface area contributed by atoms with Crippen molar-refractivity contribution in [1.29, 1.82) is 0 Å². The number of rotatable bonds is 8. The SMILES string of the molecule is COc1ccc2c(CN(C)[C@H](C)C(=O)n3ccc4cccc(OC)c43)cn(C(=O)[C@@H](C)N(C)C)c2c1. The summed E-state index contributed by atoms with van der Waals surface area (Å²) in [6, 6.07) is 12.7. The predicted molar refractivity (Wildman–Crippen MR) is 142 cm³/mol. The van der Waals surface area contributed by atoms with E-state index in [-0.39, 0.29) is 17.9 Å². The van der Waals surface area contributed by atoms with Gasteiger partial charge < -0.3 is 9.47 Å². The molecule has 2 aromatic heterocycles. The third-order valence-corrected chi connectivity index (χ3v) is 7.03. The fourth-order valence-electron chi connectivity index (χ4n) is 4.44. The van der Waals surface area contributed by atoms with Crippen molar-refractivity contribution < 1.29 is 19.1 Å². The first-order chi connectivity index (χ1) is 17.2. The summed E-state index contributed by atoms with van der Waals surface area (Å²) in [4.78, 5) is 30.7. The molecule has 0 radical (unpaired) electrons. The molecule has 0 aliphatic carbocycles. The number of hydrogen-bond acceptors (Lipinski definition) is 6. The Morgan fingerprint density at radius 2 is 1.64 bits per heavy atom. The summed E-state index contributed by atoms with van der Waals surface area (Å²) in [7, 11) is 8.91. The van der Waals surface area contributed by atoms with E-state index in [1.165, 1.54) is 0 Å². The van der Waals surface area contributed by atoms with Crippen molar-refractivity contribution in [3.63, 3.8) is 0 Å². The number of carbonyl (C=O) groups excluding carboxylic acids is 2. The van der Waals surface area contributed by atoms with Crippen LogP contribution in [0, 0.1) is 0 Å². The number of benzene rings is 2. The van der Waals surface area contributed by atoms with E-state index >= 15 is 0 Å². The number of methoxy groups -OCH3 is 2. The van der Waals surface area contributed by atoms with Gasteiger partial charge in [-0.25, -0.2) is 0 Å². The highest BCUT2D eigenvalue weighted by molar-refractivity contribution is 5.98. The Hall–Kier alpha value is -3.62. The highest BCUT2D eigenvalue weighted by Gasteiger charge is 2.25. The van der Waals surface area contributed by atoms with Gasteiger partial charge in [0.15, 0.2) is 0 Å². The maximum Gasteiger partial charge on any atom is 0.248 e. The molecule has 0 saturated heterocycles. The molecule has 0 amide bonds. The van der Waals surface area contributed by atoms with E-state index in [0.717, 1.165) is 27.4 Å². The molecule has 2 aromatic carbocycles. The average molecular weight is 491 g/mol. The molecule has 0 N–H and O–H groups in total. The van der Waals surface area contributed by atoms with Crippen LogP contribution in [0.2, 0.25) is 0 Å². The Morgan fingerprint density at radius 3 is 2.31 bits per heavy atom. The van der Waals surface area contributed by atoms with Gasteiger partial charge in [0.1, 0.15) is 11.5 Å². The fourth-order valence-corrected chi connectivity index (χ4v) is 4.44. The summed E-state index contributed by atoms with van der Waals surface area (Å²) < 4.78 is 14.3. The van der Waals surface area contributed by atoms with Crippen LogP contribution >= 0.6 is 0 Å². The van der Waals surface area contributed by atoms with Gasteiger partial charge >= 0.3 is 0 Å². The van der Waals surface area contributed by atoms with E-state index in [2.05, 4.69) is 0 Å². The maximum absolute atomic E-state index is 13.5. The molecule has 36 heavy (non-hydrogen) atoms. The van der Waals surface area contributed by atoms with Gasteiger partial charge in [0, 0.05) is 35.8 Å². The van der Waals surface area contributed by atoms with Crippen molar-refractivity contribution in [3.8, 4) is 11.5 Å². The van der Waals surface area contributed by atoms with Crippen LogP contribution < -0.4 is 9.47 Å². The lowest BCUT2D eigenvalue weighted by molar-refractivity contribution is 0.0775. The molecular weight excluding hydrogens is 456 g/mol. The number of aromatic nitrogens is 2. The number of para-hydroxylation sites is 1. The summed E-state index contributed by atoms with van der Waals surface area (Å²) in [5.41, 5.74) is 2.51. The van der Waals surface area contributed by atoms with Gasteiger partial charge in [0.05, 0.1) is 37.3 Å². The standard InChI is InChI=1S/C28H34N4O4/c1-18(29(3)4)27(33)32-17-21(23-12-11-22(35-6)15-24(23)32)16-30(5)19(2)28(34)31-14-13-20-9-8-10-25(36-7)26(20)31/h8-15,17-19H,16H2,1-7H3/t18-,19-/m1/s1. The van der Waals surface area contributed by atoms with Gasteiger partial charge in [-0.15, -0.1) is 0 Å². The molecule has 4 aromatic rings. The monoisotopic (exact) mass is 490 g/mol. The van der Waals surface area contributed by atoms with E-state index in [9.17, 15) is 9.59 Å². The summed E-state index contributed by atoms with van der Waals surface area (Å²) >= 11 is 0. The quantitative estimate of drug-likeness (QED) is 0.366. The van der Waals surface area contributed by atoms with Crippen LogP contribution in [0.1, 0.15) is 29.0 Å². The van der Waals surface area contributed by atoms with Crippen LogP contribution in [0.15, 0.2) is 54.9 Å². The zero-order valence-electron chi connectivity index (χ0n) is 22.0. The van der Waals surface area contributed by atoms with Crippen molar-refractivity contribution in [2.45, 2.75) is 32.5 Å². The molecule has 190 valence electrons. The number of fused-ring (bicyclic) bond motifs is 2. The lowest BCUT2D eigenvalue weighted by atomic mass is 10.1. The van der Waals surface area contributed by atoms with Gasteiger partial charge in [0.2, 0.25) is 11.8 Å². The minimum absolute atomic E-state index is 0.0258. The van der Waals surface area contributed by atoms with Crippen molar-refractivity contribution in [2.24, 2.45) is 0 Å². The normalized spacial score (nSPS) is 13.5. The van der Waals surface area contributed by atoms with Crippen LogP contribution in [-0.4, -0.2) is 78.2 Å². The molecule has 0 fully saturated rings. The largest absolute Gasteiger partial charge is 0.497 e. The summed E-state index contributed by atoms with van der Waals surface area (Å²) in [5.74, 6) is 1.26. The maximum atomic E-state index is 13.5. The van der Waals surface area contributed by atoms with Crippen molar-refractivity contribution in [1.82, 2.24) is 18.9 Å². The lowest BCUT2D eigenvalue weighted by Gasteiger charge is -2.24.